The van der Waals surface area contributed by atoms with Gasteiger partial charge in [-0.3, -0.25) is 14.5 Å². The highest BCUT2D eigenvalue weighted by Crippen LogP contribution is 2.32. The van der Waals surface area contributed by atoms with Crippen molar-refractivity contribution in [1.29, 1.82) is 0 Å². The summed E-state index contributed by atoms with van der Waals surface area (Å²) in [6, 6.07) is 11.9. The highest BCUT2D eigenvalue weighted by Gasteiger charge is 2.16. The van der Waals surface area contributed by atoms with Crippen LogP contribution in [0, 0.1) is 12.7 Å². The molecule has 0 unspecified atom stereocenters. The Kier molecular flexibility index (Phi) is 4.70. The maximum absolute atomic E-state index is 14.0. The van der Waals surface area contributed by atoms with Gasteiger partial charge in [-0.05, 0) is 36.8 Å². The second kappa shape index (κ2) is 7.32. The highest BCUT2D eigenvalue weighted by atomic mass is 32.1. The molecule has 6 nitrogen and oxygen atoms in total. The van der Waals surface area contributed by atoms with Gasteiger partial charge in [0.05, 0.1) is 17.6 Å². The number of hydrogen-bond donors (Lipinski definition) is 1. The minimum absolute atomic E-state index is 0.287. The number of carbonyl (C=O) groups is 1. The highest BCUT2D eigenvalue weighted by molar-refractivity contribution is 7.19. The molecule has 140 valence electrons. The predicted octanol–water partition coefficient (Wildman–Crippen LogP) is 4.31. The third kappa shape index (κ3) is 3.41. The molecule has 8 heteroatoms. The normalized spacial score (nSPS) is 10.8. The third-order valence-electron chi connectivity index (χ3n) is 4.22. The van der Waals surface area contributed by atoms with Gasteiger partial charge >= 0.3 is 0 Å². The summed E-state index contributed by atoms with van der Waals surface area (Å²) in [5.74, 6) is -0.615. The van der Waals surface area contributed by atoms with Crippen molar-refractivity contribution >= 4 is 22.2 Å². The molecular formula is C20H16FN5OS. The second-order valence-electron chi connectivity index (χ2n) is 6.17. The number of pyridine rings is 1. The standard InChI is InChI=1S/C20H16FN5OS/c1-12-6-5-9-22-18(12)19(27)24-17-11-23-20(28-17)16-10-15(25-26(16)2)13-7-3-4-8-14(13)21/h3-11H,1-2H3,(H,24,27). The molecule has 0 atom stereocenters. The van der Waals surface area contributed by atoms with Gasteiger partial charge < -0.3 is 5.32 Å². The number of carbonyl (C=O) groups excluding carboxylic acids is 1. The molecule has 0 aliphatic heterocycles. The Balaban J connectivity index is 1.59. The lowest BCUT2D eigenvalue weighted by Crippen LogP contribution is -2.14. The molecule has 0 saturated carbocycles. The zero-order chi connectivity index (χ0) is 19.7. The summed E-state index contributed by atoms with van der Waals surface area (Å²) in [4.78, 5) is 20.9. The number of rotatable bonds is 4. The van der Waals surface area contributed by atoms with E-state index in [2.05, 4.69) is 20.4 Å². The molecule has 28 heavy (non-hydrogen) atoms. The van der Waals surface area contributed by atoms with E-state index in [1.165, 1.54) is 17.4 Å². The van der Waals surface area contributed by atoms with Gasteiger partial charge in [-0.25, -0.2) is 9.37 Å². The Labute approximate surface area is 164 Å². The number of thiazole rings is 1. The van der Waals surface area contributed by atoms with Gasteiger partial charge in [0.15, 0.2) is 0 Å². The third-order valence-corrected chi connectivity index (χ3v) is 5.15. The molecule has 0 bridgehead atoms. The molecule has 0 saturated heterocycles. The molecule has 1 aromatic carbocycles. The first-order valence-electron chi connectivity index (χ1n) is 8.51. The van der Waals surface area contributed by atoms with E-state index in [-0.39, 0.29) is 11.7 Å². The van der Waals surface area contributed by atoms with Crippen LogP contribution in [-0.4, -0.2) is 25.7 Å². The molecule has 4 rings (SSSR count). The van der Waals surface area contributed by atoms with Crippen molar-refractivity contribution in [2.45, 2.75) is 6.92 Å². The molecule has 3 heterocycles. The van der Waals surface area contributed by atoms with Crippen LogP contribution in [-0.2, 0) is 7.05 Å². The molecule has 3 aromatic heterocycles. The van der Waals surface area contributed by atoms with Crippen LogP contribution in [0.15, 0.2) is 54.9 Å². The molecule has 0 aliphatic carbocycles. The summed E-state index contributed by atoms with van der Waals surface area (Å²) in [7, 11) is 1.77. The smallest absolute Gasteiger partial charge is 0.275 e. The van der Waals surface area contributed by atoms with Gasteiger partial charge in [0, 0.05) is 18.8 Å². The largest absolute Gasteiger partial charge is 0.311 e. The Morgan fingerprint density at radius 1 is 1.18 bits per heavy atom. The summed E-state index contributed by atoms with van der Waals surface area (Å²) < 4.78 is 15.7. The summed E-state index contributed by atoms with van der Waals surface area (Å²) in [5, 5.41) is 8.48. The first-order valence-corrected chi connectivity index (χ1v) is 9.32. The topological polar surface area (TPSA) is 72.7 Å². The van der Waals surface area contributed by atoms with E-state index in [1.54, 1.807) is 54.5 Å². The molecular weight excluding hydrogens is 377 g/mol. The Bertz CT molecular complexity index is 1170. The molecule has 0 fully saturated rings. The van der Waals surface area contributed by atoms with E-state index in [0.717, 1.165) is 11.3 Å². The van der Waals surface area contributed by atoms with Crippen LogP contribution in [0.3, 0.4) is 0 Å². The van der Waals surface area contributed by atoms with Crippen molar-refractivity contribution in [1.82, 2.24) is 19.7 Å². The fourth-order valence-corrected chi connectivity index (χ4v) is 3.67. The summed E-state index contributed by atoms with van der Waals surface area (Å²) in [6.45, 7) is 1.83. The summed E-state index contributed by atoms with van der Waals surface area (Å²) in [6.07, 6.45) is 3.17. The zero-order valence-corrected chi connectivity index (χ0v) is 16.0. The number of hydrogen-bond acceptors (Lipinski definition) is 5. The van der Waals surface area contributed by atoms with E-state index in [1.807, 2.05) is 13.0 Å². The van der Waals surface area contributed by atoms with E-state index in [9.17, 15) is 9.18 Å². The van der Waals surface area contributed by atoms with E-state index >= 15 is 0 Å². The summed E-state index contributed by atoms with van der Waals surface area (Å²) >= 11 is 1.32. The number of amides is 1. The predicted molar refractivity (Wildman–Crippen MR) is 107 cm³/mol. The van der Waals surface area contributed by atoms with Gasteiger partial charge in [0.2, 0.25) is 0 Å². The van der Waals surface area contributed by atoms with Crippen LogP contribution in [0.2, 0.25) is 0 Å². The van der Waals surface area contributed by atoms with Crippen LogP contribution >= 0.6 is 11.3 Å². The van der Waals surface area contributed by atoms with Crippen molar-refractivity contribution in [3.05, 3.63) is 71.9 Å². The first-order chi connectivity index (χ1) is 13.5. The minimum Gasteiger partial charge on any atom is -0.311 e. The lowest BCUT2D eigenvalue weighted by atomic mass is 10.1. The molecule has 4 aromatic rings. The van der Waals surface area contributed by atoms with Crippen LogP contribution in [0.4, 0.5) is 9.39 Å². The second-order valence-corrected chi connectivity index (χ2v) is 7.20. The SMILES string of the molecule is Cc1cccnc1C(=O)Nc1cnc(-c2cc(-c3ccccc3F)nn2C)s1. The Morgan fingerprint density at radius 3 is 2.79 bits per heavy atom. The fraction of sp³-hybridized carbons (Fsp3) is 0.100. The van der Waals surface area contributed by atoms with Gasteiger partial charge in [-0.15, -0.1) is 0 Å². The van der Waals surface area contributed by atoms with Crippen molar-refractivity contribution in [3.63, 3.8) is 0 Å². The van der Waals surface area contributed by atoms with Gasteiger partial charge in [0.25, 0.3) is 5.91 Å². The number of nitrogens with zero attached hydrogens (tertiary/aromatic N) is 4. The molecule has 1 N–H and O–H groups in total. The maximum Gasteiger partial charge on any atom is 0.275 e. The van der Waals surface area contributed by atoms with Crippen LogP contribution in [0.5, 0.6) is 0 Å². The fourth-order valence-electron chi connectivity index (χ4n) is 2.81. The Morgan fingerprint density at radius 2 is 2.00 bits per heavy atom. The molecule has 0 aliphatic rings. The number of aryl methyl sites for hydroxylation is 2. The number of anilines is 1. The number of aromatic nitrogens is 4. The number of nitrogens with one attached hydrogen (secondary N) is 1. The van der Waals surface area contributed by atoms with Crippen molar-refractivity contribution in [3.8, 4) is 22.0 Å². The zero-order valence-electron chi connectivity index (χ0n) is 15.2. The maximum atomic E-state index is 14.0. The lowest BCUT2D eigenvalue weighted by Gasteiger charge is -2.03. The lowest BCUT2D eigenvalue weighted by molar-refractivity contribution is 0.102. The average Bonchev–Trinajstić information content (AvgIpc) is 3.28. The van der Waals surface area contributed by atoms with Crippen molar-refractivity contribution < 1.29 is 9.18 Å². The first kappa shape index (κ1) is 18.0. The molecule has 0 radical (unpaired) electrons. The van der Waals surface area contributed by atoms with E-state index in [4.69, 9.17) is 0 Å². The number of benzene rings is 1. The van der Waals surface area contributed by atoms with Crippen LogP contribution in [0.1, 0.15) is 16.1 Å². The van der Waals surface area contributed by atoms with Crippen molar-refractivity contribution in [2.75, 3.05) is 5.32 Å². The van der Waals surface area contributed by atoms with E-state index in [0.29, 0.717) is 27.0 Å². The van der Waals surface area contributed by atoms with Crippen molar-refractivity contribution in [2.24, 2.45) is 7.05 Å². The van der Waals surface area contributed by atoms with Gasteiger partial charge in [-0.2, -0.15) is 5.10 Å². The monoisotopic (exact) mass is 393 g/mol. The quantitative estimate of drug-likeness (QED) is 0.561. The average molecular weight is 393 g/mol. The van der Waals surface area contributed by atoms with Gasteiger partial charge in [0.1, 0.15) is 21.5 Å². The molecule has 0 spiro atoms. The van der Waals surface area contributed by atoms with Crippen LogP contribution in [0.25, 0.3) is 22.0 Å². The minimum atomic E-state index is -0.329. The summed E-state index contributed by atoms with van der Waals surface area (Å²) in [5.41, 5.74) is 2.86. The van der Waals surface area contributed by atoms with E-state index < -0.39 is 0 Å². The Hall–Kier alpha value is -3.39. The number of halogens is 1. The van der Waals surface area contributed by atoms with Gasteiger partial charge in [-0.1, -0.05) is 29.5 Å². The van der Waals surface area contributed by atoms with Crippen LogP contribution < -0.4 is 5.32 Å². The molecule has 1 amide bonds.